The maximum atomic E-state index is 11.9. The number of nitrogens with zero attached hydrogens (tertiary/aromatic N) is 1. The molecule has 0 spiro atoms. The van der Waals surface area contributed by atoms with Gasteiger partial charge in [-0.2, -0.15) is 5.10 Å². The summed E-state index contributed by atoms with van der Waals surface area (Å²) in [4.78, 5) is 11.9. The minimum absolute atomic E-state index is 0.0106. The molecule has 7 nitrogen and oxygen atoms in total. The number of anilines is 2. The van der Waals surface area contributed by atoms with E-state index < -0.39 is 5.91 Å². The summed E-state index contributed by atoms with van der Waals surface area (Å²) in [6, 6.07) is 10.9. The number of benzene rings is 2. The van der Waals surface area contributed by atoms with Crippen LogP contribution in [-0.4, -0.2) is 22.4 Å². The van der Waals surface area contributed by atoms with Crippen LogP contribution in [0.5, 0.6) is 5.75 Å². The highest BCUT2D eigenvalue weighted by atomic mass is 16.5. The fraction of sp³-hybridized carbons (Fsp3) is 0. The summed E-state index contributed by atoms with van der Waals surface area (Å²) in [7, 11) is 0. The van der Waals surface area contributed by atoms with E-state index in [0.717, 1.165) is 5.56 Å². The van der Waals surface area contributed by atoms with E-state index in [9.17, 15) is 9.90 Å². The van der Waals surface area contributed by atoms with Crippen LogP contribution in [0.2, 0.25) is 0 Å². The van der Waals surface area contributed by atoms with Crippen LogP contribution in [0.15, 0.2) is 47.6 Å². The van der Waals surface area contributed by atoms with Crippen LogP contribution >= 0.6 is 0 Å². The first-order valence-electron chi connectivity index (χ1n) is 6.02. The van der Waals surface area contributed by atoms with Crippen molar-refractivity contribution in [3.8, 4) is 5.75 Å². The lowest BCUT2D eigenvalue weighted by Gasteiger charge is -2.05. The van der Waals surface area contributed by atoms with Crippen LogP contribution in [0, 0.1) is 0 Å². The van der Waals surface area contributed by atoms with E-state index in [1.54, 1.807) is 24.3 Å². The van der Waals surface area contributed by atoms with E-state index >= 15 is 0 Å². The molecule has 7 heteroatoms. The number of aromatic hydroxyl groups is 1. The van der Waals surface area contributed by atoms with Crippen molar-refractivity contribution in [1.29, 1.82) is 0 Å². The molecule has 0 atom stereocenters. The van der Waals surface area contributed by atoms with Gasteiger partial charge in [0.15, 0.2) is 0 Å². The second-order valence-corrected chi connectivity index (χ2v) is 4.21. The Morgan fingerprint density at radius 1 is 1.19 bits per heavy atom. The van der Waals surface area contributed by atoms with Gasteiger partial charge >= 0.3 is 0 Å². The molecule has 0 saturated carbocycles. The molecular formula is C14H14N4O3. The number of phenols is 1. The van der Waals surface area contributed by atoms with Crippen LogP contribution in [0.4, 0.5) is 11.4 Å². The van der Waals surface area contributed by atoms with Gasteiger partial charge in [-0.1, -0.05) is 12.1 Å². The largest absolute Gasteiger partial charge is 0.507 e. The van der Waals surface area contributed by atoms with Gasteiger partial charge in [-0.25, -0.2) is 5.43 Å². The van der Waals surface area contributed by atoms with Gasteiger partial charge in [0.2, 0.25) is 0 Å². The van der Waals surface area contributed by atoms with Crippen molar-refractivity contribution < 1.29 is 15.1 Å². The summed E-state index contributed by atoms with van der Waals surface area (Å²) >= 11 is 0. The van der Waals surface area contributed by atoms with Gasteiger partial charge < -0.3 is 10.8 Å². The van der Waals surface area contributed by atoms with Crippen LogP contribution in [-0.2, 0) is 0 Å². The Hall–Kier alpha value is -3.06. The summed E-state index contributed by atoms with van der Waals surface area (Å²) in [5.74, 6) is -0.814. The Balaban J connectivity index is 2.06. The maximum absolute atomic E-state index is 11.9. The number of amides is 1. The number of nitrogens with two attached hydrogens (primary N) is 1. The summed E-state index contributed by atoms with van der Waals surface area (Å²) in [5.41, 5.74) is 11.4. The monoisotopic (exact) mass is 286 g/mol. The molecule has 0 radical (unpaired) electrons. The zero-order valence-electron chi connectivity index (χ0n) is 10.9. The maximum Gasteiger partial charge on any atom is 0.275 e. The van der Waals surface area contributed by atoms with Crippen LogP contribution in [0.25, 0.3) is 0 Å². The summed E-state index contributed by atoms with van der Waals surface area (Å²) < 4.78 is 0. The van der Waals surface area contributed by atoms with E-state index in [1.165, 1.54) is 24.4 Å². The fourth-order valence-corrected chi connectivity index (χ4v) is 1.60. The number of hydrogen-bond donors (Lipinski definition) is 5. The summed E-state index contributed by atoms with van der Waals surface area (Å²) in [6.07, 6.45) is 1.45. The van der Waals surface area contributed by atoms with Crippen LogP contribution < -0.4 is 16.6 Å². The summed E-state index contributed by atoms with van der Waals surface area (Å²) in [6.45, 7) is 0. The Bertz CT molecular complexity index is 668. The molecule has 0 aliphatic rings. The number of rotatable bonds is 4. The van der Waals surface area contributed by atoms with Crippen LogP contribution in [0.3, 0.4) is 0 Å². The van der Waals surface area contributed by atoms with Gasteiger partial charge in [-0.3, -0.25) is 15.5 Å². The SMILES string of the molecule is Nc1ccc(/C=N/NC(=O)c2cc(NO)ccc2O)cc1. The topological polar surface area (TPSA) is 120 Å². The van der Waals surface area contributed by atoms with Crippen molar-refractivity contribution in [3.63, 3.8) is 0 Å². The van der Waals surface area contributed by atoms with E-state index in [-0.39, 0.29) is 17.0 Å². The number of carbonyl (C=O) groups is 1. The molecule has 0 aliphatic carbocycles. The van der Waals surface area contributed by atoms with Gasteiger partial charge in [0.25, 0.3) is 5.91 Å². The molecule has 0 saturated heterocycles. The van der Waals surface area contributed by atoms with Crippen molar-refractivity contribution in [3.05, 3.63) is 53.6 Å². The molecule has 0 unspecified atom stereocenters. The standard InChI is InChI=1S/C14H14N4O3/c15-10-3-1-9(2-4-10)8-16-17-14(20)12-7-11(18-21)5-6-13(12)19/h1-8,18-19,21H,15H2,(H,17,20)/b16-8+. The minimum atomic E-state index is -0.601. The second kappa shape index (κ2) is 6.40. The van der Waals surface area contributed by atoms with Crippen molar-refractivity contribution in [2.45, 2.75) is 0 Å². The van der Waals surface area contributed by atoms with Crippen LogP contribution in [0.1, 0.15) is 15.9 Å². The number of carbonyl (C=O) groups excluding carboxylic acids is 1. The number of hydrogen-bond acceptors (Lipinski definition) is 6. The first-order valence-corrected chi connectivity index (χ1v) is 6.02. The lowest BCUT2D eigenvalue weighted by atomic mass is 10.1. The van der Waals surface area contributed by atoms with Crippen molar-refractivity contribution >= 4 is 23.5 Å². The Kier molecular flexibility index (Phi) is 4.37. The molecule has 0 fully saturated rings. The fourth-order valence-electron chi connectivity index (χ4n) is 1.60. The number of nitrogen functional groups attached to an aromatic ring is 1. The van der Waals surface area contributed by atoms with E-state index in [2.05, 4.69) is 10.5 Å². The average molecular weight is 286 g/mol. The average Bonchev–Trinajstić information content (AvgIpc) is 2.49. The molecule has 6 N–H and O–H groups in total. The molecule has 0 aromatic heterocycles. The van der Waals surface area contributed by atoms with Crippen molar-refractivity contribution in [1.82, 2.24) is 5.43 Å². The van der Waals surface area contributed by atoms with Gasteiger partial charge in [0, 0.05) is 5.69 Å². The van der Waals surface area contributed by atoms with Gasteiger partial charge in [-0.15, -0.1) is 0 Å². The zero-order chi connectivity index (χ0) is 15.2. The lowest BCUT2D eigenvalue weighted by molar-refractivity contribution is 0.0952. The molecule has 2 rings (SSSR count). The van der Waals surface area contributed by atoms with Crippen molar-refractivity contribution in [2.24, 2.45) is 5.10 Å². The molecule has 0 aliphatic heterocycles. The third-order valence-corrected chi connectivity index (χ3v) is 2.69. The summed E-state index contributed by atoms with van der Waals surface area (Å²) in [5, 5.41) is 22.2. The normalized spacial score (nSPS) is 10.5. The molecular weight excluding hydrogens is 272 g/mol. The third kappa shape index (κ3) is 3.71. The van der Waals surface area contributed by atoms with E-state index in [1.807, 2.05) is 5.48 Å². The third-order valence-electron chi connectivity index (χ3n) is 2.69. The second-order valence-electron chi connectivity index (χ2n) is 4.21. The first-order chi connectivity index (χ1) is 10.1. The first kappa shape index (κ1) is 14.4. The molecule has 21 heavy (non-hydrogen) atoms. The Morgan fingerprint density at radius 2 is 1.90 bits per heavy atom. The molecule has 2 aromatic rings. The highest BCUT2D eigenvalue weighted by molar-refractivity contribution is 5.98. The molecule has 108 valence electrons. The molecule has 1 amide bonds. The van der Waals surface area contributed by atoms with Crippen molar-refractivity contribution in [2.75, 3.05) is 11.2 Å². The minimum Gasteiger partial charge on any atom is -0.507 e. The van der Waals surface area contributed by atoms with Gasteiger partial charge in [-0.05, 0) is 35.9 Å². The highest BCUT2D eigenvalue weighted by Gasteiger charge is 2.11. The number of nitrogens with one attached hydrogen (secondary N) is 2. The number of phenolic OH excluding ortho intramolecular Hbond substituents is 1. The van der Waals surface area contributed by atoms with Gasteiger partial charge in [0.05, 0.1) is 17.5 Å². The highest BCUT2D eigenvalue weighted by Crippen LogP contribution is 2.20. The smallest absolute Gasteiger partial charge is 0.275 e. The number of hydrazone groups is 1. The van der Waals surface area contributed by atoms with E-state index in [0.29, 0.717) is 5.69 Å². The molecule has 2 aromatic carbocycles. The molecule has 0 bridgehead atoms. The predicted molar refractivity (Wildman–Crippen MR) is 79.4 cm³/mol. The van der Waals surface area contributed by atoms with Gasteiger partial charge in [0.1, 0.15) is 5.75 Å². The van der Waals surface area contributed by atoms with E-state index in [4.69, 9.17) is 10.9 Å². The Morgan fingerprint density at radius 3 is 2.57 bits per heavy atom. The molecule has 0 heterocycles. The predicted octanol–water partition coefficient (Wildman–Crippen LogP) is 1.54. The quantitative estimate of drug-likeness (QED) is 0.253. The zero-order valence-corrected chi connectivity index (χ0v) is 10.9. The Labute approximate surface area is 120 Å². The lowest BCUT2D eigenvalue weighted by Crippen LogP contribution is -2.18.